The highest BCUT2D eigenvalue weighted by atomic mass is 32.2. The fraction of sp³-hybridized carbons (Fsp3) is 0. The van der Waals surface area contributed by atoms with Crippen LogP contribution in [-0.4, -0.2) is 8.42 Å². The van der Waals surface area contributed by atoms with Gasteiger partial charge in [-0.3, -0.25) is 4.72 Å². The molecule has 0 aliphatic heterocycles. The summed E-state index contributed by atoms with van der Waals surface area (Å²) in [5.41, 5.74) is 5.69. The number of anilines is 2. The number of nitrogen functional groups attached to an aromatic ring is 1. The van der Waals surface area contributed by atoms with Gasteiger partial charge in [-0.05, 0) is 24.3 Å². The zero-order valence-corrected chi connectivity index (χ0v) is 11.1. The number of hydrogen-bond acceptors (Lipinski definition) is 5. The summed E-state index contributed by atoms with van der Waals surface area (Å²) in [5.74, 6) is -0.703. The van der Waals surface area contributed by atoms with Crippen LogP contribution < -0.4 is 10.5 Å². The second-order valence-corrected chi connectivity index (χ2v) is 6.43. The molecule has 0 spiro atoms. The third-order valence-corrected chi connectivity index (χ3v) is 5.04. The van der Waals surface area contributed by atoms with Gasteiger partial charge in [-0.1, -0.05) is 0 Å². The molecule has 0 aliphatic rings. The summed E-state index contributed by atoms with van der Waals surface area (Å²) in [6, 6.07) is 6.36. The van der Waals surface area contributed by atoms with E-state index in [-0.39, 0.29) is 15.5 Å². The number of halogens is 1. The molecule has 0 unspecified atom stereocenters. The average Bonchev–Trinajstić information content (AvgIpc) is 2.79. The summed E-state index contributed by atoms with van der Waals surface area (Å²) in [4.78, 5) is 0. The zero-order chi connectivity index (χ0) is 14.0. The van der Waals surface area contributed by atoms with Crippen LogP contribution in [0.1, 0.15) is 5.56 Å². The maximum atomic E-state index is 13.1. The molecule has 0 atom stereocenters. The summed E-state index contributed by atoms with van der Waals surface area (Å²) in [5, 5.41) is 10.2. The molecule has 98 valence electrons. The second kappa shape index (κ2) is 4.87. The van der Waals surface area contributed by atoms with E-state index in [1.54, 1.807) is 6.07 Å². The fourth-order valence-electron chi connectivity index (χ4n) is 1.35. The Balaban J connectivity index is 2.34. The Morgan fingerprint density at radius 2 is 2.11 bits per heavy atom. The summed E-state index contributed by atoms with van der Waals surface area (Å²) in [6.07, 6.45) is 0. The molecule has 8 heteroatoms. The molecule has 5 nitrogen and oxygen atoms in total. The maximum Gasteiger partial charge on any atom is 0.271 e. The van der Waals surface area contributed by atoms with Gasteiger partial charge in [0.05, 0.1) is 11.3 Å². The lowest BCUT2D eigenvalue weighted by Gasteiger charge is -2.06. The highest BCUT2D eigenvalue weighted by Gasteiger charge is 2.17. The Morgan fingerprint density at radius 3 is 2.68 bits per heavy atom. The number of benzene rings is 1. The molecule has 0 saturated heterocycles. The second-order valence-electron chi connectivity index (χ2n) is 3.61. The van der Waals surface area contributed by atoms with Crippen LogP contribution in [0.5, 0.6) is 0 Å². The van der Waals surface area contributed by atoms with Gasteiger partial charge in [0.25, 0.3) is 10.0 Å². The van der Waals surface area contributed by atoms with Crippen molar-refractivity contribution in [3.05, 3.63) is 41.0 Å². The van der Waals surface area contributed by atoms with Crippen LogP contribution in [0, 0.1) is 17.1 Å². The van der Waals surface area contributed by atoms with Crippen molar-refractivity contribution in [2.45, 2.75) is 4.21 Å². The van der Waals surface area contributed by atoms with Gasteiger partial charge in [0.2, 0.25) is 0 Å². The van der Waals surface area contributed by atoms with E-state index in [0.717, 1.165) is 23.5 Å². The van der Waals surface area contributed by atoms with Crippen molar-refractivity contribution >= 4 is 32.7 Å². The Labute approximate surface area is 113 Å². The zero-order valence-electron chi connectivity index (χ0n) is 9.42. The molecule has 1 aromatic heterocycles. The molecule has 0 aliphatic carbocycles. The minimum atomic E-state index is -3.77. The molecule has 0 radical (unpaired) electrons. The molecule has 3 N–H and O–H groups in total. The van der Waals surface area contributed by atoms with E-state index in [4.69, 9.17) is 11.0 Å². The van der Waals surface area contributed by atoms with Crippen molar-refractivity contribution in [1.29, 1.82) is 5.26 Å². The van der Waals surface area contributed by atoms with Gasteiger partial charge in [-0.2, -0.15) is 5.26 Å². The summed E-state index contributed by atoms with van der Waals surface area (Å²) >= 11 is 0.974. The van der Waals surface area contributed by atoms with Crippen LogP contribution in [0.3, 0.4) is 0 Å². The molecule has 0 saturated carbocycles. The summed E-state index contributed by atoms with van der Waals surface area (Å²) in [7, 11) is -3.77. The lowest BCUT2D eigenvalue weighted by molar-refractivity contribution is 0.603. The van der Waals surface area contributed by atoms with Gasteiger partial charge in [0, 0.05) is 11.1 Å². The van der Waals surface area contributed by atoms with Crippen LogP contribution in [0.25, 0.3) is 0 Å². The first-order valence-electron chi connectivity index (χ1n) is 4.99. The van der Waals surface area contributed by atoms with E-state index in [9.17, 15) is 12.8 Å². The van der Waals surface area contributed by atoms with E-state index in [1.165, 1.54) is 17.5 Å². The number of nitrogens with zero attached hydrogens (tertiary/aromatic N) is 1. The first-order chi connectivity index (χ1) is 8.92. The highest BCUT2D eigenvalue weighted by molar-refractivity contribution is 7.94. The Hall–Kier alpha value is -2.11. The standard InChI is InChI=1S/C11H8FN3O2S2/c12-10-2-1-9(3-7(10)5-13)15-19(16,17)11-4-8(14)6-18-11/h1-4,6,15H,14H2. The van der Waals surface area contributed by atoms with Crippen molar-refractivity contribution in [3.8, 4) is 6.07 Å². The molecule has 0 fully saturated rings. The molecule has 2 aromatic rings. The third-order valence-electron chi connectivity index (χ3n) is 2.20. The molecule has 0 amide bonds. The van der Waals surface area contributed by atoms with Crippen LogP contribution in [0.2, 0.25) is 0 Å². The normalized spacial score (nSPS) is 10.9. The van der Waals surface area contributed by atoms with Gasteiger partial charge >= 0.3 is 0 Å². The van der Waals surface area contributed by atoms with Crippen LogP contribution in [0.15, 0.2) is 33.9 Å². The minimum absolute atomic E-state index is 0.0489. The van der Waals surface area contributed by atoms with Gasteiger partial charge in [-0.25, -0.2) is 12.8 Å². The smallest absolute Gasteiger partial charge is 0.271 e. The van der Waals surface area contributed by atoms with E-state index < -0.39 is 15.8 Å². The van der Waals surface area contributed by atoms with Crippen LogP contribution >= 0.6 is 11.3 Å². The molecule has 0 bridgehead atoms. The number of rotatable bonds is 3. The SMILES string of the molecule is N#Cc1cc(NS(=O)(=O)c2cc(N)cs2)ccc1F. The van der Waals surface area contributed by atoms with Crippen molar-refractivity contribution in [2.24, 2.45) is 0 Å². The molecule has 2 rings (SSSR count). The number of nitriles is 1. The maximum absolute atomic E-state index is 13.1. The number of thiophene rings is 1. The molecular weight excluding hydrogens is 289 g/mol. The van der Waals surface area contributed by atoms with Gasteiger partial charge in [0.1, 0.15) is 16.1 Å². The van der Waals surface area contributed by atoms with E-state index in [2.05, 4.69) is 4.72 Å². The molecular formula is C11H8FN3O2S2. The van der Waals surface area contributed by atoms with Crippen LogP contribution in [-0.2, 0) is 10.0 Å². The first-order valence-corrected chi connectivity index (χ1v) is 7.35. The lowest BCUT2D eigenvalue weighted by Crippen LogP contribution is -2.11. The highest BCUT2D eigenvalue weighted by Crippen LogP contribution is 2.24. The van der Waals surface area contributed by atoms with E-state index in [0.29, 0.717) is 5.69 Å². The average molecular weight is 297 g/mol. The number of sulfonamides is 1. The predicted octanol–water partition coefficient (Wildman–Crippen LogP) is 2.14. The molecule has 1 aromatic carbocycles. The van der Waals surface area contributed by atoms with E-state index in [1.807, 2.05) is 0 Å². The quantitative estimate of drug-likeness (QED) is 0.907. The summed E-state index contributed by atoms with van der Waals surface area (Å²) < 4.78 is 39.4. The topological polar surface area (TPSA) is 96.0 Å². The summed E-state index contributed by atoms with van der Waals surface area (Å²) in [6.45, 7) is 0. The monoisotopic (exact) mass is 297 g/mol. The van der Waals surface area contributed by atoms with Crippen molar-refractivity contribution in [3.63, 3.8) is 0 Å². The lowest BCUT2D eigenvalue weighted by atomic mass is 10.2. The van der Waals surface area contributed by atoms with Crippen molar-refractivity contribution in [2.75, 3.05) is 10.5 Å². The molecule has 19 heavy (non-hydrogen) atoms. The van der Waals surface area contributed by atoms with Gasteiger partial charge < -0.3 is 5.73 Å². The first kappa shape index (κ1) is 13.3. The largest absolute Gasteiger partial charge is 0.398 e. The Kier molecular flexibility index (Phi) is 3.42. The fourth-order valence-corrected chi connectivity index (χ4v) is 3.48. The minimum Gasteiger partial charge on any atom is -0.398 e. The van der Waals surface area contributed by atoms with Crippen molar-refractivity contribution < 1.29 is 12.8 Å². The Bertz CT molecular complexity index is 762. The predicted molar refractivity (Wildman–Crippen MR) is 70.7 cm³/mol. The molecule has 1 heterocycles. The third kappa shape index (κ3) is 2.83. The van der Waals surface area contributed by atoms with Gasteiger partial charge in [-0.15, -0.1) is 11.3 Å². The number of hydrogen-bond donors (Lipinski definition) is 2. The number of nitrogens with one attached hydrogen (secondary N) is 1. The number of nitrogens with two attached hydrogens (primary N) is 1. The van der Waals surface area contributed by atoms with Crippen LogP contribution in [0.4, 0.5) is 15.8 Å². The van der Waals surface area contributed by atoms with E-state index >= 15 is 0 Å². The Morgan fingerprint density at radius 1 is 1.37 bits per heavy atom. The van der Waals surface area contributed by atoms with Crippen molar-refractivity contribution in [1.82, 2.24) is 0 Å². The van der Waals surface area contributed by atoms with Gasteiger partial charge in [0.15, 0.2) is 0 Å².